The molecule has 0 spiro atoms. The van der Waals surface area contributed by atoms with Gasteiger partial charge in [0.2, 0.25) is 5.91 Å². The summed E-state index contributed by atoms with van der Waals surface area (Å²) in [6.07, 6.45) is 1.81. The molecule has 0 aliphatic rings. The number of carbonyl (C=O) groups is 1. The number of hydrogen-bond donors (Lipinski definition) is 1. The lowest BCUT2D eigenvalue weighted by Crippen LogP contribution is -2.15. The van der Waals surface area contributed by atoms with Crippen molar-refractivity contribution in [3.63, 3.8) is 0 Å². The van der Waals surface area contributed by atoms with E-state index in [4.69, 9.17) is 9.47 Å². The van der Waals surface area contributed by atoms with Crippen molar-refractivity contribution in [2.45, 2.75) is 25.5 Å². The molecule has 0 unspecified atom stereocenters. The molecular formula is C27H28N4O3S2. The highest BCUT2D eigenvalue weighted by molar-refractivity contribution is 7.99. The molecular weight excluding hydrogens is 492 g/mol. The van der Waals surface area contributed by atoms with Crippen molar-refractivity contribution in [1.29, 1.82) is 0 Å². The normalized spacial score (nSPS) is 10.8. The number of nitrogens with one attached hydrogen (secondary N) is 1. The van der Waals surface area contributed by atoms with Crippen LogP contribution in [0.25, 0.3) is 22.5 Å². The standard InChI is InChI=1S/C27H28N4O3S2/c1-6-13-31-26(21-15-35-18(3)25(21)19-9-7-17(2)8-10-19)29-30-27(31)36-16-24(32)28-22-12-11-20(33-4)14-23(22)34-5/h6-12,14-15H,1,13,16H2,2-5H3,(H,28,32). The summed E-state index contributed by atoms with van der Waals surface area (Å²) < 4.78 is 12.6. The number of ether oxygens (including phenoxy) is 2. The van der Waals surface area contributed by atoms with Crippen LogP contribution in [0.1, 0.15) is 10.4 Å². The maximum atomic E-state index is 12.7. The van der Waals surface area contributed by atoms with Crippen LogP contribution < -0.4 is 14.8 Å². The number of thioether (sulfide) groups is 1. The number of methoxy groups -OCH3 is 2. The molecule has 0 fully saturated rings. The van der Waals surface area contributed by atoms with Crippen molar-refractivity contribution in [1.82, 2.24) is 14.8 Å². The van der Waals surface area contributed by atoms with Gasteiger partial charge in [-0.25, -0.2) is 0 Å². The largest absolute Gasteiger partial charge is 0.497 e. The van der Waals surface area contributed by atoms with E-state index in [0.29, 0.717) is 28.9 Å². The Balaban J connectivity index is 1.56. The van der Waals surface area contributed by atoms with E-state index < -0.39 is 0 Å². The molecule has 4 rings (SSSR count). The van der Waals surface area contributed by atoms with Gasteiger partial charge in [0.05, 0.1) is 25.7 Å². The van der Waals surface area contributed by atoms with E-state index in [2.05, 4.69) is 65.6 Å². The Bertz CT molecular complexity index is 1380. The minimum atomic E-state index is -0.176. The van der Waals surface area contributed by atoms with E-state index in [1.54, 1.807) is 43.8 Å². The van der Waals surface area contributed by atoms with Crippen LogP contribution in [-0.2, 0) is 11.3 Å². The van der Waals surface area contributed by atoms with Gasteiger partial charge in [0, 0.05) is 34.0 Å². The number of thiophene rings is 1. The second kappa shape index (κ2) is 11.5. The predicted molar refractivity (Wildman–Crippen MR) is 147 cm³/mol. The van der Waals surface area contributed by atoms with Crippen LogP contribution in [0.15, 0.2) is 65.7 Å². The van der Waals surface area contributed by atoms with E-state index in [-0.39, 0.29) is 11.7 Å². The first-order valence-electron chi connectivity index (χ1n) is 11.3. The van der Waals surface area contributed by atoms with Crippen molar-refractivity contribution in [2.75, 3.05) is 25.3 Å². The quantitative estimate of drug-likeness (QED) is 0.197. The molecule has 1 N–H and O–H groups in total. The Labute approximate surface area is 219 Å². The lowest BCUT2D eigenvalue weighted by molar-refractivity contribution is -0.113. The van der Waals surface area contributed by atoms with Gasteiger partial charge in [-0.05, 0) is 31.5 Å². The maximum Gasteiger partial charge on any atom is 0.234 e. The van der Waals surface area contributed by atoms with E-state index in [9.17, 15) is 4.79 Å². The first-order valence-corrected chi connectivity index (χ1v) is 13.2. The van der Waals surface area contributed by atoms with Gasteiger partial charge in [0.25, 0.3) is 0 Å². The van der Waals surface area contributed by atoms with Crippen LogP contribution in [-0.4, -0.2) is 40.6 Å². The summed E-state index contributed by atoms with van der Waals surface area (Å²) in [5.41, 5.74) is 5.11. The molecule has 0 aliphatic carbocycles. The average Bonchev–Trinajstić information content (AvgIpc) is 3.46. The molecule has 36 heavy (non-hydrogen) atoms. The lowest BCUT2D eigenvalue weighted by Gasteiger charge is -2.12. The number of rotatable bonds is 10. The Morgan fingerprint density at radius 3 is 2.61 bits per heavy atom. The van der Waals surface area contributed by atoms with Gasteiger partial charge >= 0.3 is 0 Å². The van der Waals surface area contributed by atoms with Crippen LogP contribution in [0.3, 0.4) is 0 Å². The van der Waals surface area contributed by atoms with Crippen LogP contribution >= 0.6 is 23.1 Å². The number of amides is 1. The topological polar surface area (TPSA) is 78.3 Å². The summed E-state index contributed by atoms with van der Waals surface area (Å²) in [6, 6.07) is 13.7. The van der Waals surface area contributed by atoms with E-state index in [1.807, 2.05) is 10.6 Å². The second-order valence-electron chi connectivity index (χ2n) is 8.06. The van der Waals surface area contributed by atoms with Crippen molar-refractivity contribution in [3.05, 3.63) is 70.9 Å². The number of aromatic nitrogens is 3. The highest BCUT2D eigenvalue weighted by Gasteiger charge is 2.21. The third-order valence-corrected chi connectivity index (χ3v) is 7.48. The zero-order chi connectivity index (χ0) is 25.7. The van der Waals surface area contributed by atoms with Gasteiger partial charge in [-0.3, -0.25) is 9.36 Å². The fraction of sp³-hybridized carbons (Fsp3) is 0.222. The fourth-order valence-electron chi connectivity index (χ4n) is 3.80. The number of nitrogens with zero attached hydrogens (tertiary/aromatic N) is 3. The third kappa shape index (κ3) is 5.47. The number of aryl methyl sites for hydroxylation is 2. The SMILES string of the molecule is C=CCn1c(SCC(=O)Nc2ccc(OC)cc2OC)nnc1-c1csc(C)c1-c1ccc(C)cc1. The first-order chi connectivity index (χ1) is 17.4. The molecule has 0 radical (unpaired) electrons. The Kier molecular flexibility index (Phi) is 8.12. The number of carbonyl (C=O) groups excluding carboxylic acids is 1. The fourth-order valence-corrected chi connectivity index (χ4v) is 5.42. The maximum absolute atomic E-state index is 12.7. The molecule has 0 atom stereocenters. The number of hydrogen-bond acceptors (Lipinski definition) is 7. The van der Waals surface area contributed by atoms with Crippen LogP contribution in [0.2, 0.25) is 0 Å². The van der Waals surface area contributed by atoms with Gasteiger partial charge in [-0.2, -0.15) is 0 Å². The molecule has 0 bridgehead atoms. The Hall–Kier alpha value is -3.56. The summed E-state index contributed by atoms with van der Waals surface area (Å²) in [4.78, 5) is 13.9. The van der Waals surface area contributed by atoms with Crippen molar-refractivity contribution in [3.8, 4) is 34.0 Å². The smallest absolute Gasteiger partial charge is 0.234 e. The predicted octanol–water partition coefficient (Wildman–Crippen LogP) is 6.22. The molecule has 2 heterocycles. The van der Waals surface area contributed by atoms with Gasteiger partial charge in [-0.1, -0.05) is 47.7 Å². The van der Waals surface area contributed by atoms with Gasteiger partial charge < -0.3 is 14.8 Å². The molecule has 2 aromatic carbocycles. The second-order valence-corrected chi connectivity index (χ2v) is 10.1. The molecule has 0 saturated heterocycles. The highest BCUT2D eigenvalue weighted by Crippen LogP contribution is 2.39. The highest BCUT2D eigenvalue weighted by atomic mass is 32.2. The molecule has 0 aliphatic heterocycles. The summed E-state index contributed by atoms with van der Waals surface area (Å²) in [5, 5.41) is 14.6. The molecule has 186 valence electrons. The number of anilines is 1. The summed E-state index contributed by atoms with van der Waals surface area (Å²) in [5.74, 6) is 1.93. The molecule has 7 nitrogen and oxygen atoms in total. The van der Waals surface area contributed by atoms with Gasteiger partial charge in [-0.15, -0.1) is 28.1 Å². The van der Waals surface area contributed by atoms with Crippen molar-refractivity contribution < 1.29 is 14.3 Å². The molecule has 0 saturated carbocycles. The van der Waals surface area contributed by atoms with Gasteiger partial charge in [0.15, 0.2) is 11.0 Å². The third-order valence-electron chi connectivity index (χ3n) is 5.60. The lowest BCUT2D eigenvalue weighted by atomic mass is 10.0. The van der Waals surface area contributed by atoms with E-state index >= 15 is 0 Å². The first kappa shape index (κ1) is 25.5. The van der Waals surface area contributed by atoms with Crippen LogP contribution in [0, 0.1) is 13.8 Å². The van der Waals surface area contributed by atoms with Crippen LogP contribution in [0.4, 0.5) is 5.69 Å². The van der Waals surface area contributed by atoms with Crippen LogP contribution in [0.5, 0.6) is 11.5 Å². The summed E-state index contributed by atoms with van der Waals surface area (Å²) >= 11 is 3.02. The number of allylic oxidation sites excluding steroid dienone is 1. The van der Waals surface area contributed by atoms with Gasteiger partial charge in [0.1, 0.15) is 11.5 Å². The van der Waals surface area contributed by atoms with E-state index in [0.717, 1.165) is 22.5 Å². The minimum Gasteiger partial charge on any atom is -0.497 e. The summed E-state index contributed by atoms with van der Waals surface area (Å²) in [6.45, 7) is 8.63. The Morgan fingerprint density at radius 1 is 1.14 bits per heavy atom. The molecule has 9 heteroatoms. The molecule has 4 aromatic rings. The van der Waals surface area contributed by atoms with Crippen molar-refractivity contribution >= 4 is 34.7 Å². The number of benzene rings is 2. The Morgan fingerprint density at radius 2 is 1.92 bits per heavy atom. The van der Waals surface area contributed by atoms with Crippen molar-refractivity contribution in [2.24, 2.45) is 0 Å². The zero-order valence-electron chi connectivity index (χ0n) is 20.7. The summed E-state index contributed by atoms with van der Waals surface area (Å²) in [7, 11) is 3.13. The molecule has 2 aromatic heterocycles. The monoisotopic (exact) mass is 520 g/mol. The van der Waals surface area contributed by atoms with E-state index in [1.165, 1.54) is 22.2 Å². The molecule has 1 amide bonds. The minimum absolute atomic E-state index is 0.165. The average molecular weight is 521 g/mol. The zero-order valence-corrected chi connectivity index (χ0v) is 22.3.